The Labute approximate surface area is 148 Å². The molecule has 0 bridgehead atoms. The second kappa shape index (κ2) is 7.78. The normalized spacial score (nSPS) is 16.2. The lowest BCUT2D eigenvalue weighted by atomic mass is 9.92. The molecule has 2 aromatic heterocycles. The summed E-state index contributed by atoms with van der Waals surface area (Å²) in [5, 5.41) is 13.1. The minimum Gasteiger partial charge on any atom is -0.481 e. The number of hydrogen-bond acceptors (Lipinski definition) is 4. The van der Waals surface area contributed by atoms with Crippen LogP contribution in [0, 0.1) is 6.92 Å². The maximum Gasteiger partial charge on any atom is 0.303 e. The van der Waals surface area contributed by atoms with Crippen molar-refractivity contribution in [3.8, 4) is 0 Å². The summed E-state index contributed by atoms with van der Waals surface area (Å²) in [6.07, 6.45) is 4.79. The highest BCUT2D eigenvalue weighted by Gasteiger charge is 2.22. The summed E-state index contributed by atoms with van der Waals surface area (Å²) < 4.78 is 1.93. The second-order valence-corrected chi connectivity index (χ2v) is 6.88. The van der Waals surface area contributed by atoms with Crippen LogP contribution >= 0.6 is 0 Å². The summed E-state index contributed by atoms with van der Waals surface area (Å²) >= 11 is 0. The van der Waals surface area contributed by atoms with E-state index in [4.69, 9.17) is 10.1 Å². The van der Waals surface area contributed by atoms with Crippen molar-refractivity contribution in [1.82, 2.24) is 19.7 Å². The SMILES string of the molecule is Cc1c(CN2CCC(c3cccc(CCC(=O)O)n3)CC2)cnn1C. The van der Waals surface area contributed by atoms with Crippen molar-refractivity contribution < 1.29 is 9.90 Å². The largest absolute Gasteiger partial charge is 0.481 e. The first kappa shape index (κ1) is 17.6. The van der Waals surface area contributed by atoms with E-state index < -0.39 is 5.97 Å². The molecule has 2 aromatic rings. The molecule has 0 aliphatic carbocycles. The van der Waals surface area contributed by atoms with Crippen molar-refractivity contribution in [2.45, 2.75) is 45.1 Å². The number of carboxylic acids is 1. The molecule has 0 unspecified atom stereocenters. The molecule has 1 aliphatic heterocycles. The molecule has 1 N–H and O–H groups in total. The molecule has 0 radical (unpaired) electrons. The number of aromatic nitrogens is 3. The van der Waals surface area contributed by atoms with E-state index in [-0.39, 0.29) is 6.42 Å². The van der Waals surface area contributed by atoms with Gasteiger partial charge in [0.2, 0.25) is 0 Å². The highest BCUT2D eigenvalue weighted by Crippen LogP contribution is 2.28. The monoisotopic (exact) mass is 342 g/mol. The van der Waals surface area contributed by atoms with Gasteiger partial charge in [0.25, 0.3) is 0 Å². The lowest BCUT2D eigenvalue weighted by Crippen LogP contribution is -2.32. The van der Waals surface area contributed by atoms with Gasteiger partial charge in [0, 0.05) is 48.6 Å². The maximum atomic E-state index is 10.7. The number of rotatable bonds is 6. The molecule has 6 nitrogen and oxygen atoms in total. The zero-order chi connectivity index (χ0) is 17.8. The molecule has 3 heterocycles. The van der Waals surface area contributed by atoms with E-state index in [2.05, 4.69) is 23.0 Å². The smallest absolute Gasteiger partial charge is 0.303 e. The molecule has 6 heteroatoms. The van der Waals surface area contributed by atoms with Crippen LogP contribution in [0.25, 0.3) is 0 Å². The number of pyridine rings is 1. The fourth-order valence-corrected chi connectivity index (χ4v) is 3.43. The topological polar surface area (TPSA) is 71.2 Å². The van der Waals surface area contributed by atoms with Gasteiger partial charge >= 0.3 is 5.97 Å². The molecule has 1 aliphatic rings. The van der Waals surface area contributed by atoms with Crippen molar-refractivity contribution in [1.29, 1.82) is 0 Å². The van der Waals surface area contributed by atoms with E-state index in [1.165, 1.54) is 11.3 Å². The molecule has 1 fully saturated rings. The van der Waals surface area contributed by atoms with Crippen LogP contribution in [0.2, 0.25) is 0 Å². The predicted octanol–water partition coefficient (Wildman–Crippen LogP) is 2.52. The third-order valence-corrected chi connectivity index (χ3v) is 5.16. The van der Waals surface area contributed by atoms with Gasteiger partial charge in [-0.25, -0.2) is 0 Å². The number of aliphatic carboxylic acids is 1. The van der Waals surface area contributed by atoms with Gasteiger partial charge in [-0.05, 0) is 45.0 Å². The summed E-state index contributed by atoms with van der Waals surface area (Å²) in [4.78, 5) is 17.9. The zero-order valence-corrected chi connectivity index (χ0v) is 15.0. The van der Waals surface area contributed by atoms with Crippen molar-refractivity contribution in [2.75, 3.05) is 13.1 Å². The standard InChI is InChI=1S/C19H26N4O2/c1-14-16(12-20-22(14)2)13-23-10-8-15(9-11-23)18-5-3-4-17(21-18)6-7-19(24)25/h3-5,12,15H,6-11,13H2,1-2H3,(H,24,25). The second-order valence-electron chi connectivity index (χ2n) is 6.88. The zero-order valence-electron chi connectivity index (χ0n) is 15.0. The summed E-state index contributed by atoms with van der Waals surface area (Å²) in [6.45, 7) is 5.18. The van der Waals surface area contributed by atoms with Crippen LogP contribution < -0.4 is 0 Å². The van der Waals surface area contributed by atoms with Crippen molar-refractivity contribution in [3.63, 3.8) is 0 Å². The number of nitrogens with zero attached hydrogens (tertiary/aromatic N) is 4. The van der Waals surface area contributed by atoms with Crippen LogP contribution in [0.5, 0.6) is 0 Å². The Morgan fingerprint density at radius 3 is 2.72 bits per heavy atom. The highest BCUT2D eigenvalue weighted by molar-refractivity contribution is 5.66. The number of carboxylic acid groups (broad SMARTS) is 1. The van der Waals surface area contributed by atoms with Crippen LogP contribution in [-0.4, -0.2) is 43.8 Å². The van der Waals surface area contributed by atoms with E-state index in [1.807, 2.05) is 30.1 Å². The Morgan fingerprint density at radius 2 is 2.08 bits per heavy atom. The maximum absolute atomic E-state index is 10.7. The molecule has 0 saturated carbocycles. The molecular weight excluding hydrogens is 316 g/mol. The summed E-state index contributed by atoms with van der Waals surface area (Å²) in [5.41, 5.74) is 4.53. The molecule has 0 spiro atoms. The van der Waals surface area contributed by atoms with Crippen molar-refractivity contribution in [2.24, 2.45) is 7.05 Å². The minimum absolute atomic E-state index is 0.138. The Bertz CT molecular complexity index is 733. The molecule has 25 heavy (non-hydrogen) atoms. The van der Waals surface area contributed by atoms with Crippen molar-refractivity contribution >= 4 is 5.97 Å². The highest BCUT2D eigenvalue weighted by atomic mass is 16.4. The van der Waals surface area contributed by atoms with Gasteiger partial charge < -0.3 is 5.11 Å². The van der Waals surface area contributed by atoms with Gasteiger partial charge in [0.15, 0.2) is 0 Å². The van der Waals surface area contributed by atoms with Gasteiger partial charge in [-0.1, -0.05) is 6.07 Å². The Balaban J connectivity index is 1.56. The first-order valence-electron chi connectivity index (χ1n) is 8.90. The van der Waals surface area contributed by atoms with E-state index in [0.29, 0.717) is 12.3 Å². The van der Waals surface area contributed by atoms with E-state index in [0.717, 1.165) is 43.9 Å². The number of aryl methyl sites for hydroxylation is 2. The summed E-state index contributed by atoms with van der Waals surface area (Å²) in [6, 6.07) is 6.01. The first-order chi connectivity index (χ1) is 12.0. The van der Waals surface area contributed by atoms with Gasteiger partial charge in [-0.3, -0.25) is 19.4 Å². The predicted molar refractivity (Wildman–Crippen MR) is 95.4 cm³/mol. The van der Waals surface area contributed by atoms with Crippen molar-refractivity contribution in [3.05, 3.63) is 47.0 Å². The van der Waals surface area contributed by atoms with Gasteiger partial charge in [0.1, 0.15) is 0 Å². The lowest BCUT2D eigenvalue weighted by molar-refractivity contribution is -0.136. The molecule has 1 saturated heterocycles. The Morgan fingerprint density at radius 1 is 1.32 bits per heavy atom. The number of carbonyl (C=O) groups is 1. The third kappa shape index (κ3) is 4.45. The number of likely N-dealkylation sites (tertiary alicyclic amines) is 1. The molecule has 134 valence electrons. The number of piperidine rings is 1. The van der Waals surface area contributed by atoms with Crippen LogP contribution in [0.3, 0.4) is 0 Å². The van der Waals surface area contributed by atoms with Gasteiger partial charge in [-0.15, -0.1) is 0 Å². The fraction of sp³-hybridized carbons (Fsp3) is 0.526. The van der Waals surface area contributed by atoms with Crippen LogP contribution in [0.1, 0.15) is 47.8 Å². The van der Waals surface area contributed by atoms with E-state index in [9.17, 15) is 4.79 Å². The van der Waals surface area contributed by atoms with Gasteiger partial charge in [-0.2, -0.15) is 5.10 Å². The van der Waals surface area contributed by atoms with Crippen LogP contribution in [0.4, 0.5) is 0 Å². The van der Waals surface area contributed by atoms with E-state index >= 15 is 0 Å². The average Bonchev–Trinajstić information content (AvgIpc) is 2.93. The minimum atomic E-state index is -0.772. The lowest BCUT2D eigenvalue weighted by Gasteiger charge is -2.31. The van der Waals surface area contributed by atoms with Crippen LogP contribution in [-0.2, 0) is 24.8 Å². The summed E-state index contributed by atoms with van der Waals surface area (Å²) in [5.74, 6) is -0.303. The quantitative estimate of drug-likeness (QED) is 0.873. The molecule has 0 amide bonds. The van der Waals surface area contributed by atoms with Gasteiger partial charge in [0.05, 0.1) is 12.6 Å². The average molecular weight is 342 g/mol. The molecule has 0 atom stereocenters. The fourth-order valence-electron chi connectivity index (χ4n) is 3.43. The summed E-state index contributed by atoms with van der Waals surface area (Å²) in [7, 11) is 1.98. The Kier molecular flexibility index (Phi) is 5.48. The van der Waals surface area contributed by atoms with E-state index in [1.54, 1.807) is 0 Å². The Hall–Kier alpha value is -2.21. The third-order valence-electron chi connectivity index (χ3n) is 5.16. The van der Waals surface area contributed by atoms with Crippen LogP contribution in [0.15, 0.2) is 24.4 Å². The molecule has 3 rings (SSSR count). The first-order valence-corrected chi connectivity index (χ1v) is 8.90. The molecule has 0 aromatic carbocycles. The molecular formula is C19H26N4O2. The number of hydrogen-bond donors (Lipinski definition) is 1.